The zero-order valence-electron chi connectivity index (χ0n) is 10.5. The van der Waals surface area contributed by atoms with Crippen LogP contribution in [0.15, 0.2) is 29.2 Å². The number of phenolic OH excluding ortho intramolecular Hbond substituents is 1. The van der Waals surface area contributed by atoms with Gasteiger partial charge in [-0.1, -0.05) is 0 Å². The molecule has 0 aliphatic carbocycles. The Morgan fingerprint density at radius 1 is 1.32 bits per heavy atom. The Morgan fingerprint density at radius 2 is 1.95 bits per heavy atom. The van der Waals surface area contributed by atoms with Gasteiger partial charge in [-0.15, -0.1) is 0 Å². The van der Waals surface area contributed by atoms with Gasteiger partial charge in [-0.25, -0.2) is 13.4 Å². The van der Waals surface area contributed by atoms with Gasteiger partial charge in [0.2, 0.25) is 10.0 Å². The molecule has 0 amide bonds. The number of H-pyrrole nitrogens is 1. The Labute approximate surface area is 111 Å². The van der Waals surface area contributed by atoms with E-state index in [1.807, 2.05) is 0 Å². The van der Waals surface area contributed by atoms with Gasteiger partial charge < -0.3 is 5.11 Å². The number of nitrogens with one attached hydrogen (secondary N) is 1. The van der Waals surface area contributed by atoms with Crippen molar-refractivity contribution in [3.05, 3.63) is 35.9 Å². The van der Waals surface area contributed by atoms with E-state index >= 15 is 0 Å². The number of hydrogen-bond acceptors (Lipinski definition) is 5. The van der Waals surface area contributed by atoms with Gasteiger partial charge in [0.1, 0.15) is 11.6 Å². The molecule has 2 aromatic rings. The Balaban J connectivity index is 2.21. The maximum absolute atomic E-state index is 12.2. The summed E-state index contributed by atoms with van der Waals surface area (Å²) in [5, 5.41) is 15.7. The van der Waals surface area contributed by atoms with Crippen molar-refractivity contribution in [1.29, 1.82) is 0 Å². The maximum atomic E-state index is 12.2. The third kappa shape index (κ3) is 2.91. The third-order valence-electron chi connectivity index (χ3n) is 2.55. The lowest BCUT2D eigenvalue weighted by molar-refractivity contribution is 0.456. The molecular formula is C11H14N4O3S. The predicted molar refractivity (Wildman–Crippen MR) is 67.9 cm³/mol. The molecule has 0 atom stereocenters. The van der Waals surface area contributed by atoms with Gasteiger partial charge in [-0.2, -0.15) is 9.40 Å². The molecular weight excluding hydrogens is 268 g/mol. The summed E-state index contributed by atoms with van der Waals surface area (Å²) < 4.78 is 25.6. The van der Waals surface area contributed by atoms with E-state index < -0.39 is 10.0 Å². The van der Waals surface area contributed by atoms with E-state index in [9.17, 15) is 8.42 Å². The maximum Gasteiger partial charge on any atom is 0.243 e. The van der Waals surface area contributed by atoms with Crippen molar-refractivity contribution in [3.63, 3.8) is 0 Å². The molecule has 0 spiro atoms. The minimum absolute atomic E-state index is 0.0196. The van der Waals surface area contributed by atoms with E-state index in [1.54, 1.807) is 6.92 Å². The van der Waals surface area contributed by atoms with Crippen LogP contribution in [0.1, 0.15) is 11.6 Å². The lowest BCUT2D eigenvalue weighted by atomic mass is 10.3. The van der Waals surface area contributed by atoms with Crippen LogP contribution in [0.25, 0.3) is 0 Å². The van der Waals surface area contributed by atoms with Crippen LogP contribution in [-0.4, -0.2) is 40.1 Å². The minimum Gasteiger partial charge on any atom is -0.508 e. The molecule has 0 fully saturated rings. The summed E-state index contributed by atoms with van der Waals surface area (Å²) in [5.74, 6) is 1.05. The SMILES string of the molecule is Cc1nc(CN(C)S(=O)(=O)c2ccc(O)cc2)n[nH]1. The number of sulfonamides is 1. The van der Waals surface area contributed by atoms with E-state index in [1.165, 1.54) is 31.3 Å². The van der Waals surface area contributed by atoms with Crippen molar-refractivity contribution in [2.45, 2.75) is 18.4 Å². The highest BCUT2D eigenvalue weighted by molar-refractivity contribution is 7.89. The number of rotatable bonds is 4. The first-order chi connectivity index (χ1) is 8.89. The van der Waals surface area contributed by atoms with Crippen molar-refractivity contribution in [1.82, 2.24) is 19.5 Å². The molecule has 1 aromatic carbocycles. The molecule has 8 heteroatoms. The first kappa shape index (κ1) is 13.5. The highest BCUT2D eigenvalue weighted by atomic mass is 32.2. The van der Waals surface area contributed by atoms with E-state index in [2.05, 4.69) is 15.2 Å². The van der Waals surface area contributed by atoms with Crippen LogP contribution in [0.2, 0.25) is 0 Å². The van der Waals surface area contributed by atoms with Gasteiger partial charge in [0.25, 0.3) is 0 Å². The van der Waals surface area contributed by atoms with Crippen molar-refractivity contribution >= 4 is 10.0 Å². The number of nitrogens with zero attached hydrogens (tertiary/aromatic N) is 3. The molecule has 0 aliphatic rings. The first-order valence-electron chi connectivity index (χ1n) is 5.53. The van der Waals surface area contributed by atoms with Crippen LogP contribution in [0, 0.1) is 6.92 Å². The fraction of sp³-hybridized carbons (Fsp3) is 0.273. The van der Waals surface area contributed by atoms with Crippen molar-refractivity contribution in [2.24, 2.45) is 0 Å². The summed E-state index contributed by atoms with van der Waals surface area (Å²) in [6, 6.07) is 5.37. The van der Waals surface area contributed by atoms with Crippen molar-refractivity contribution in [2.75, 3.05) is 7.05 Å². The van der Waals surface area contributed by atoms with E-state index in [0.717, 1.165) is 4.31 Å². The molecule has 102 valence electrons. The van der Waals surface area contributed by atoms with Gasteiger partial charge in [-0.05, 0) is 31.2 Å². The molecule has 19 heavy (non-hydrogen) atoms. The number of aromatic hydroxyl groups is 1. The number of aryl methyl sites for hydroxylation is 1. The smallest absolute Gasteiger partial charge is 0.243 e. The topological polar surface area (TPSA) is 99.2 Å². The van der Waals surface area contributed by atoms with Gasteiger partial charge in [0.05, 0.1) is 11.4 Å². The molecule has 0 aliphatic heterocycles. The van der Waals surface area contributed by atoms with Crippen molar-refractivity contribution < 1.29 is 13.5 Å². The highest BCUT2D eigenvalue weighted by Gasteiger charge is 2.22. The number of benzene rings is 1. The lowest BCUT2D eigenvalue weighted by Gasteiger charge is -2.15. The summed E-state index contributed by atoms with van der Waals surface area (Å²) in [6.45, 7) is 1.82. The summed E-state index contributed by atoms with van der Waals surface area (Å²) >= 11 is 0. The van der Waals surface area contributed by atoms with E-state index in [0.29, 0.717) is 11.6 Å². The second-order valence-electron chi connectivity index (χ2n) is 4.09. The number of aromatic nitrogens is 3. The van der Waals surface area contributed by atoms with E-state index in [-0.39, 0.29) is 17.2 Å². The molecule has 2 N–H and O–H groups in total. The Hall–Kier alpha value is -1.93. The zero-order chi connectivity index (χ0) is 14.0. The molecule has 1 heterocycles. The Kier molecular flexibility index (Phi) is 3.54. The third-order valence-corrected chi connectivity index (χ3v) is 4.37. The fourth-order valence-corrected chi connectivity index (χ4v) is 2.67. The van der Waals surface area contributed by atoms with Crippen LogP contribution in [0.5, 0.6) is 5.75 Å². The average molecular weight is 282 g/mol. The lowest BCUT2D eigenvalue weighted by Crippen LogP contribution is -2.27. The summed E-state index contributed by atoms with van der Waals surface area (Å²) in [7, 11) is -2.16. The molecule has 0 bridgehead atoms. The average Bonchev–Trinajstić information content (AvgIpc) is 2.75. The quantitative estimate of drug-likeness (QED) is 0.857. The summed E-state index contributed by atoms with van der Waals surface area (Å²) in [6.07, 6.45) is 0. The predicted octanol–water partition coefficient (Wildman–Crippen LogP) is 0.639. The van der Waals surface area contributed by atoms with Gasteiger partial charge in [-0.3, -0.25) is 5.10 Å². The van der Waals surface area contributed by atoms with Crippen molar-refractivity contribution in [3.8, 4) is 5.75 Å². The van der Waals surface area contributed by atoms with Crippen LogP contribution in [-0.2, 0) is 16.6 Å². The molecule has 0 unspecified atom stereocenters. The number of aromatic amines is 1. The van der Waals surface area contributed by atoms with Crippen LogP contribution in [0.3, 0.4) is 0 Å². The molecule has 0 saturated carbocycles. The monoisotopic (exact) mass is 282 g/mol. The molecule has 0 saturated heterocycles. The van der Waals surface area contributed by atoms with Crippen LogP contribution >= 0.6 is 0 Å². The van der Waals surface area contributed by atoms with Gasteiger partial charge in [0, 0.05) is 7.05 Å². The minimum atomic E-state index is -3.62. The molecule has 1 aromatic heterocycles. The normalized spacial score (nSPS) is 11.9. The van der Waals surface area contributed by atoms with Gasteiger partial charge >= 0.3 is 0 Å². The fourth-order valence-electron chi connectivity index (χ4n) is 1.54. The molecule has 0 radical (unpaired) electrons. The number of hydrogen-bond donors (Lipinski definition) is 2. The largest absolute Gasteiger partial charge is 0.508 e. The Bertz CT molecular complexity index is 664. The van der Waals surface area contributed by atoms with Gasteiger partial charge in [0.15, 0.2) is 5.82 Å². The summed E-state index contributed by atoms with van der Waals surface area (Å²) in [4.78, 5) is 4.17. The standard InChI is InChI=1S/C11H14N4O3S/c1-8-12-11(14-13-8)7-15(2)19(17,18)10-5-3-9(16)4-6-10/h3-6,16H,7H2,1-2H3,(H,12,13,14). The molecule has 7 nitrogen and oxygen atoms in total. The van der Waals surface area contributed by atoms with Crippen LogP contribution in [0.4, 0.5) is 0 Å². The highest BCUT2D eigenvalue weighted by Crippen LogP contribution is 2.18. The first-order valence-corrected chi connectivity index (χ1v) is 6.97. The Morgan fingerprint density at radius 3 is 2.47 bits per heavy atom. The number of phenols is 1. The zero-order valence-corrected chi connectivity index (χ0v) is 11.3. The van der Waals surface area contributed by atoms with E-state index in [4.69, 9.17) is 5.11 Å². The molecule has 2 rings (SSSR count). The second-order valence-corrected chi connectivity index (χ2v) is 6.14. The summed E-state index contributed by atoms with van der Waals surface area (Å²) in [5.41, 5.74) is 0. The van der Waals surface area contributed by atoms with Crippen LogP contribution < -0.4 is 0 Å². The second kappa shape index (κ2) is 4.98.